The van der Waals surface area contributed by atoms with Crippen molar-refractivity contribution in [2.24, 2.45) is 10.7 Å². The number of aromatic nitrogens is 2. The quantitative estimate of drug-likeness (QED) is 0.594. The van der Waals surface area contributed by atoms with Gasteiger partial charge in [-0.1, -0.05) is 6.58 Å². The molecule has 0 amide bonds. The summed E-state index contributed by atoms with van der Waals surface area (Å²) < 4.78 is 0. The zero-order valence-electron chi connectivity index (χ0n) is 7.20. The van der Waals surface area contributed by atoms with Gasteiger partial charge in [-0.05, 0) is 6.92 Å². The van der Waals surface area contributed by atoms with Crippen LogP contribution >= 0.6 is 0 Å². The van der Waals surface area contributed by atoms with Crippen molar-refractivity contribution in [2.45, 2.75) is 6.92 Å². The van der Waals surface area contributed by atoms with Crippen LogP contribution in [0.3, 0.4) is 0 Å². The summed E-state index contributed by atoms with van der Waals surface area (Å²) in [6.07, 6.45) is 1.65. The highest BCUT2D eigenvalue weighted by molar-refractivity contribution is 5.93. The van der Waals surface area contributed by atoms with Crippen LogP contribution in [0.15, 0.2) is 17.8 Å². The summed E-state index contributed by atoms with van der Waals surface area (Å²) in [4.78, 5) is 12.3. The first-order chi connectivity index (χ1) is 6.16. The second-order valence-electron chi connectivity index (χ2n) is 2.78. The third-order valence-corrected chi connectivity index (χ3v) is 1.66. The Morgan fingerprint density at radius 1 is 1.54 bits per heavy atom. The van der Waals surface area contributed by atoms with Crippen LogP contribution in [-0.4, -0.2) is 15.9 Å². The molecule has 3 N–H and O–H groups in total. The Morgan fingerprint density at radius 2 is 2.31 bits per heavy atom. The van der Waals surface area contributed by atoms with E-state index in [-0.39, 0.29) is 0 Å². The molecule has 0 unspecified atom stereocenters. The number of guanidine groups is 1. The van der Waals surface area contributed by atoms with Gasteiger partial charge in [0.15, 0.2) is 11.8 Å². The van der Waals surface area contributed by atoms with E-state index >= 15 is 0 Å². The summed E-state index contributed by atoms with van der Waals surface area (Å²) in [5, 5.41) is 2.79. The van der Waals surface area contributed by atoms with Crippen molar-refractivity contribution < 1.29 is 0 Å². The third-order valence-electron chi connectivity index (χ3n) is 1.66. The average Bonchev–Trinajstić information content (AvgIpc) is 2.06. The molecule has 0 aromatic carbocycles. The first-order valence-corrected chi connectivity index (χ1v) is 3.81. The van der Waals surface area contributed by atoms with Crippen LogP contribution in [0.1, 0.15) is 11.4 Å². The zero-order valence-corrected chi connectivity index (χ0v) is 7.20. The molecule has 66 valence electrons. The summed E-state index contributed by atoms with van der Waals surface area (Å²) in [5.41, 5.74) is 7.62. The van der Waals surface area contributed by atoms with Crippen LogP contribution in [0.25, 0.3) is 5.70 Å². The van der Waals surface area contributed by atoms with E-state index in [1.54, 1.807) is 6.20 Å². The number of nitrogens with two attached hydrogens (primary N) is 1. The van der Waals surface area contributed by atoms with E-state index in [9.17, 15) is 0 Å². The van der Waals surface area contributed by atoms with Gasteiger partial charge in [0.05, 0.1) is 17.6 Å². The zero-order chi connectivity index (χ0) is 9.42. The van der Waals surface area contributed by atoms with E-state index in [1.165, 1.54) is 0 Å². The van der Waals surface area contributed by atoms with E-state index in [2.05, 4.69) is 26.9 Å². The Balaban J connectivity index is 2.63. The van der Waals surface area contributed by atoms with Crippen LogP contribution in [0.5, 0.6) is 0 Å². The van der Waals surface area contributed by atoms with E-state index < -0.39 is 0 Å². The molecule has 1 aromatic heterocycles. The standard InChI is InChI=1S/C8H9N5/c1-4-3-10-7-6(11-4)5(2)12-8(9)13-7/h3H,2H2,1H3,(H3,9,10,12,13). The molecule has 0 saturated carbocycles. The maximum absolute atomic E-state index is 5.49. The highest BCUT2D eigenvalue weighted by Crippen LogP contribution is 2.22. The molecule has 0 saturated heterocycles. The summed E-state index contributed by atoms with van der Waals surface area (Å²) >= 11 is 0. The topological polar surface area (TPSA) is 76.2 Å². The second-order valence-corrected chi connectivity index (χ2v) is 2.78. The molecule has 5 nitrogen and oxygen atoms in total. The van der Waals surface area contributed by atoms with Crippen LogP contribution in [0, 0.1) is 6.92 Å². The average molecular weight is 175 g/mol. The monoisotopic (exact) mass is 175 g/mol. The summed E-state index contributed by atoms with van der Waals surface area (Å²) in [7, 11) is 0. The molecule has 5 heteroatoms. The van der Waals surface area contributed by atoms with Crippen LogP contribution in [0.2, 0.25) is 0 Å². The number of nitrogens with one attached hydrogen (secondary N) is 1. The van der Waals surface area contributed by atoms with Crippen LogP contribution < -0.4 is 11.1 Å². The summed E-state index contributed by atoms with van der Waals surface area (Å²) in [6, 6.07) is 0. The fourth-order valence-electron chi connectivity index (χ4n) is 1.11. The molecule has 0 spiro atoms. The first-order valence-electron chi connectivity index (χ1n) is 3.81. The largest absolute Gasteiger partial charge is 0.369 e. The molecule has 1 aromatic rings. The lowest BCUT2D eigenvalue weighted by Gasteiger charge is -2.15. The lowest BCUT2D eigenvalue weighted by Crippen LogP contribution is -2.32. The van der Waals surface area contributed by atoms with Crippen molar-refractivity contribution in [3.8, 4) is 0 Å². The summed E-state index contributed by atoms with van der Waals surface area (Å²) in [6.45, 7) is 5.64. The minimum Gasteiger partial charge on any atom is -0.369 e. The van der Waals surface area contributed by atoms with Crippen molar-refractivity contribution in [2.75, 3.05) is 0 Å². The Kier molecular flexibility index (Phi) is 1.51. The fraction of sp³-hybridized carbons (Fsp3) is 0.125. The molecule has 1 aliphatic heterocycles. The number of nitrogens with zero attached hydrogens (tertiary/aromatic N) is 3. The Labute approximate surface area is 75.4 Å². The Morgan fingerprint density at radius 3 is 3.08 bits per heavy atom. The van der Waals surface area contributed by atoms with Crippen molar-refractivity contribution in [3.63, 3.8) is 0 Å². The van der Waals surface area contributed by atoms with E-state index in [1.807, 2.05) is 6.92 Å². The minimum atomic E-state index is 0.302. The number of aliphatic imine (C=N–C) groups is 1. The van der Waals surface area contributed by atoms with Gasteiger partial charge >= 0.3 is 0 Å². The van der Waals surface area contributed by atoms with E-state index in [4.69, 9.17) is 5.73 Å². The lowest BCUT2D eigenvalue weighted by molar-refractivity contribution is 1.03. The predicted octanol–water partition coefficient (Wildman–Crippen LogP) is 0.305. The Bertz CT molecular complexity index is 407. The van der Waals surface area contributed by atoms with Crippen molar-refractivity contribution >= 4 is 17.5 Å². The number of hydrogen-bond donors (Lipinski definition) is 2. The number of aryl methyl sites for hydroxylation is 1. The number of rotatable bonds is 0. The van der Waals surface area contributed by atoms with Gasteiger partial charge < -0.3 is 11.1 Å². The van der Waals surface area contributed by atoms with Gasteiger partial charge in [0.1, 0.15) is 5.69 Å². The smallest absolute Gasteiger partial charge is 0.199 e. The van der Waals surface area contributed by atoms with Gasteiger partial charge in [-0.25, -0.2) is 9.97 Å². The molecule has 0 radical (unpaired) electrons. The molecule has 13 heavy (non-hydrogen) atoms. The minimum absolute atomic E-state index is 0.302. The molecular formula is C8H9N5. The molecule has 1 aliphatic rings. The van der Waals surface area contributed by atoms with E-state index in [0.717, 1.165) is 5.69 Å². The lowest BCUT2D eigenvalue weighted by atomic mass is 10.3. The van der Waals surface area contributed by atoms with Gasteiger partial charge in [0.25, 0.3) is 0 Å². The fourth-order valence-corrected chi connectivity index (χ4v) is 1.11. The van der Waals surface area contributed by atoms with Crippen molar-refractivity contribution in [3.05, 3.63) is 24.2 Å². The van der Waals surface area contributed by atoms with Gasteiger partial charge in [-0.2, -0.15) is 4.99 Å². The molecular weight excluding hydrogens is 166 g/mol. The highest BCUT2D eigenvalue weighted by atomic mass is 15.2. The SMILES string of the molecule is C=C1NC(N)=Nc2ncc(C)nc21. The number of fused-ring (bicyclic) bond motifs is 1. The van der Waals surface area contributed by atoms with Gasteiger partial charge in [-0.15, -0.1) is 0 Å². The molecule has 2 rings (SSSR count). The van der Waals surface area contributed by atoms with Gasteiger partial charge in [-0.3, -0.25) is 0 Å². The molecule has 0 atom stereocenters. The second kappa shape index (κ2) is 2.55. The maximum Gasteiger partial charge on any atom is 0.199 e. The third kappa shape index (κ3) is 1.24. The molecule has 0 fully saturated rings. The normalized spacial score (nSPS) is 14.5. The summed E-state index contributed by atoms with van der Waals surface area (Å²) in [5.74, 6) is 0.822. The van der Waals surface area contributed by atoms with Crippen LogP contribution in [0.4, 0.5) is 5.82 Å². The van der Waals surface area contributed by atoms with Gasteiger partial charge in [0, 0.05) is 0 Å². The van der Waals surface area contributed by atoms with Gasteiger partial charge in [0.2, 0.25) is 0 Å². The maximum atomic E-state index is 5.49. The predicted molar refractivity (Wildman–Crippen MR) is 50.2 cm³/mol. The first kappa shape index (κ1) is 7.72. The van der Waals surface area contributed by atoms with E-state index in [0.29, 0.717) is 23.2 Å². The number of hydrogen-bond acceptors (Lipinski definition) is 5. The van der Waals surface area contributed by atoms with Crippen molar-refractivity contribution in [1.82, 2.24) is 15.3 Å². The van der Waals surface area contributed by atoms with Crippen LogP contribution in [-0.2, 0) is 0 Å². The highest BCUT2D eigenvalue weighted by Gasteiger charge is 2.15. The van der Waals surface area contributed by atoms with Crippen molar-refractivity contribution in [1.29, 1.82) is 0 Å². The molecule has 2 heterocycles. The molecule has 0 aliphatic carbocycles. The molecule has 0 bridgehead atoms. The Hall–Kier alpha value is -1.91.